The summed E-state index contributed by atoms with van der Waals surface area (Å²) in [6.45, 7) is 2.24. The maximum Gasteiger partial charge on any atom is -0.00433 e. The predicted octanol–water partition coefficient (Wildman–Crippen LogP) is 4.91. The molecule has 116 valence electrons. The Labute approximate surface area is 144 Å². The zero-order chi connectivity index (χ0) is 16.4. The van der Waals surface area contributed by atoms with Gasteiger partial charge in [0, 0.05) is 0 Å². The van der Waals surface area contributed by atoms with E-state index >= 15 is 0 Å². The summed E-state index contributed by atoms with van der Waals surface area (Å²) < 4.78 is 0. The molecule has 0 N–H and O–H groups in total. The highest BCUT2D eigenvalue weighted by atomic mass is 31.1. The number of hydrogen-bond acceptors (Lipinski definition) is 0. The van der Waals surface area contributed by atoms with E-state index in [0.717, 1.165) is 0 Å². The van der Waals surface area contributed by atoms with Gasteiger partial charge in [0.2, 0.25) is 0 Å². The van der Waals surface area contributed by atoms with Crippen molar-refractivity contribution in [3.8, 4) is 0 Å². The van der Waals surface area contributed by atoms with Crippen molar-refractivity contribution in [1.29, 1.82) is 0 Å². The molecule has 0 nitrogen and oxygen atoms in total. The molecule has 0 aliphatic rings. The molecule has 0 aromatic heterocycles. The second kappa shape index (κ2) is 6.59. The number of benzene rings is 4. The third-order valence-corrected chi connectivity index (χ3v) is 7.02. The molecule has 0 fully saturated rings. The van der Waals surface area contributed by atoms with Crippen LogP contribution in [0.25, 0.3) is 10.8 Å². The summed E-state index contributed by atoms with van der Waals surface area (Å²) in [6, 6.07) is 35.1. The molecule has 4 aromatic carbocycles. The van der Waals surface area contributed by atoms with Crippen molar-refractivity contribution in [2.75, 3.05) is 0 Å². The Hall–Kier alpha value is -2.43. The smallest absolute Gasteiger partial charge is 0.00433 e. The molecule has 0 aliphatic heterocycles. The Balaban J connectivity index is 2.04. The average molecular weight is 326 g/mol. The first-order valence-electron chi connectivity index (χ1n) is 8.23. The van der Waals surface area contributed by atoms with Crippen molar-refractivity contribution < 1.29 is 0 Å². The first kappa shape index (κ1) is 15.1. The summed E-state index contributed by atoms with van der Waals surface area (Å²) in [7, 11) is -0.567. The van der Waals surface area contributed by atoms with Crippen LogP contribution >= 0.6 is 7.92 Å². The third-order valence-electron chi connectivity index (χ3n) is 4.35. The van der Waals surface area contributed by atoms with Gasteiger partial charge in [-0.25, -0.2) is 0 Å². The number of hydrogen-bond donors (Lipinski definition) is 0. The van der Waals surface area contributed by atoms with Gasteiger partial charge >= 0.3 is 0 Å². The second-order valence-electron chi connectivity index (χ2n) is 5.96. The lowest BCUT2D eigenvalue weighted by Crippen LogP contribution is -2.23. The van der Waals surface area contributed by atoms with Crippen molar-refractivity contribution in [2.24, 2.45) is 0 Å². The molecule has 0 atom stereocenters. The Morgan fingerprint density at radius 1 is 0.542 bits per heavy atom. The van der Waals surface area contributed by atoms with E-state index < -0.39 is 7.92 Å². The Bertz CT molecular complexity index is 919. The van der Waals surface area contributed by atoms with Crippen LogP contribution in [0.5, 0.6) is 0 Å². The number of fused-ring (bicyclic) bond motifs is 1. The molecule has 0 unspecified atom stereocenters. The molecule has 0 heterocycles. The van der Waals surface area contributed by atoms with Crippen LogP contribution in [0, 0.1) is 6.92 Å². The van der Waals surface area contributed by atoms with E-state index in [0.29, 0.717) is 0 Å². The SMILES string of the molecule is Cc1ccc2ccccc2c1P(c1ccccc1)c1ccccc1. The van der Waals surface area contributed by atoms with Gasteiger partial charge in [-0.05, 0) is 47.1 Å². The average Bonchev–Trinajstić information content (AvgIpc) is 2.66. The zero-order valence-electron chi connectivity index (χ0n) is 13.7. The van der Waals surface area contributed by atoms with Gasteiger partial charge in [0.1, 0.15) is 0 Å². The Morgan fingerprint density at radius 3 is 1.71 bits per heavy atom. The molecule has 0 saturated heterocycles. The van der Waals surface area contributed by atoms with E-state index in [1.807, 2.05) is 0 Å². The van der Waals surface area contributed by atoms with Gasteiger partial charge in [-0.15, -0.1) is 0 Å². The molecule has 0 aliphatic carbocycles. The quantitative estimate of drug-likeness (QED) is 0.469. The Morgan fingerprint density at radius 2 is 1.08 bits per heavy atom. The molecule has 0 radical (unpaired) electrons. The zero-order valence-corrected chi connectivity index (χ0v) is 14.6. The van der Waals surface area contributed by atoms with Gasteiger partial charge in [-0.1, -0.05) is 97.1 Å². The molecule has 0 saturated carbocycles. The fourth-order valence-corrected chi connectivity index (χ4v) is 5.85. The lowest BCUT2D eigenvalue weighted by molar-refractivity contribution is 1.54. The van der Waals surface area contributed by atoms with E-state index in [1.54, 1.807) is 0 Å². The molecular weight excluding hydrogens is 307 g/mol. The molecule has 4 aromatic rings. The molecule has 0 bridgehead atoms. The monoisotopic (exact) mass is 326 g/mol. The normalized spacial score (nSPS) is 11.1. The van der Waals surface area contributed by atoms with Crippen LogP contribution in [0.2, 0.25) is 0 Å². The summed E-state index contributed by atoms with van der Waals surface area (Å²) in [6.07, 6.45) is 0. The van der Waals surface area contributed by atoms with Gasteiger partial charge in [0.15, 0.2) is 0 Å². The molecule has 1 heteroatoms. The standard InChI is InChI=1S/C23H19P/c1-18-16-17-19-10-8-9-15-22(19)23(18)24(20-11-4-2-5-12-20)21-13-6-3-7-14-21/h2-17H,1H3. The summed E-state index contributed by atoms with van der Waals surface area (Å²) in [5.41, 5.74) is 1.37. The van der Waals surface area contributed by atoms with E-state index in [2.05, 4.69) is 104 Å². The van der Waals surface area contributed by atoms with Crippen LogP contribution in [-0.2, 0) is 0 Å². The maximum atomic E-state index is 2.26. The van der Waals surface area contributed by atoms with Crippen LogP contribution in [0.1, 0.15) is 5.56 Å². The Kier molecular flexibility index (Phi) is 4.15. The highest BCUT2D eigenvalue weighted by Gasteiger charge is 2.20. The summed E-state index contributed by atoms with van der Waals surface area (Å²) in [4.78, 5) is 0. The van der Waals surface area contributed by atoms with Gasteiger partial charge < -0.3 is 0 Å². The summed E-state index contributed by atoms with van der Waals surface area (Å²) in [5.74, 6) is 0. The van der Waals surface area contributed by atoms with E-state index in [-0.39, 0.29) is 0 Å². The molecule has 0 spiro atoms. The highest BCUT2D eigenvalue weighted by molar-refractivity contribution is 7.80. The fourth-order valence-electron chi connectivity index (χ4n) is 3.22. The summed E-state index contributed by atoms with van der Waals surface area (Å²) >= 11 is 0. The highest BCUT2D eigenvalue weighted by Crippen LogP contribution is 2.37. The first-order valence-corrected chi connectivity index (χ1v) is 9.57. The lowest BCUT2D eigenvalue weighted by Gasteiger charge is -2.23. The van der Waals surface area contributed by atoms with Gasteiger partial charge in [0.25, 0.3) is 0 Å². The fraction of sp³-hybridized carbons (Fsp3) is 0.0435. The van der Waals surface area contributed by atoms with Gasteiger partial charge in [0.05, 0.1) is 0 Å². The van der Waals surface area contributed by atoms with Crippen molar-refractivity contribution >= 4 is 34.6 Å². The van der Waals surface area contributed by atoms with Crippen molar-refractivity contribution in [2.45, 2.75) is 6.92 Å². The number of rotatable bonds is 3. The molecule has 0 amide bonds. The minimum atomic E-state index is -0.567. The number of aryl methyl sites for hydroxylation is 1. The third kappa shape index (κ3) is 2.75. The maximum absolute atomic E-state index is 2.26. The topological polar surface area (TPSA) is 0 Å². The summed E-state index contributed by atoms with van der Waals surface area (Å²) in [5, 5.41) is 6.96. The minimum absolute atomic E-state index is 0.567. The van der Waals surface area contributed by atoms with Crippen LogP contribution in [0.4, 0.5) is 0 Å². The molecule has 24 heavy (non-hydrogen) atoms. The van der Waals surface area contributed by atoms with E-state index in [1.165, 1.54) is 32.2 Å². The van der Waals surface area contributed by atoms with Crippen molar-refractivity contribution in [1.82, 2.24) is 0 Å². The van der Waals surface area contributed by atoms with Crippen LogP contribution in [0.15, 0.2) is 97.1 Å². The second-order valence-corrected chi connectivity index (χ2v) is 8.11. The lowest BCUT2D eigenvalue weighted by atomic mass is 10.1. The van der Waals surface area contributed by atoms with Crippen LogP contribution in [0.3, 0.4) is 0 Å². The van der Waals surface area contributed by atoms with Crippen LogP contribution < -0.4 is 15.9 Å². The first-order chi connectivity index (χ1) is 11.8. The van der Waals surface area contributed by atoms with E-state index in [9.17, 15) is 0 Å². The van der Waals surface area contributed by atoms with E-state index in [4.69, 9.17) is 0 Å². The van der Waals surface area contributed by atoms with Gasteiger partial charge in [-0.2, -0.15) is 0 Å². The predicted molar refractivity (Wildman–Crippen MR) is 107 cm³/mol. The van der Waals surface area contributed by atoms with Crippen LogP contribution in [-0.4, -0.2) is 0 Å². The van der Waals surface area contributed by atoms with Crippen molar-refractivity contribution in [3.05, 3.63) is 103 Å². The minimum Gasteiger partial charge on any atom is -0.0622 e. The van der Waals surface area contributed by atoms with Gasteiger partial charge in [-0.3, -0.25) is 0 Å². The van der Waals surface area contributed by atoms with Crippen molar-refractivity contribution in [3.63, 3.8) is 0 Å². The molecular formula is C23H19P. The largest absolute Gasteiger partial charge is 0.0622 e. The molecule has 4 rings (SSSR count).